The van der Waals surface area contributed by atoms with Gasteiger partial charge in [0, 0.05) is 37.4 Å². The van der Waals surface area contributed by atoms with Crippen molar-refractivity contribution in [3.63, 3.8) is 0 Å². The van der Waals surface area contributed by atoms with Gasteiger partial charge in [-0.2, -0.15) is 5.10 Å². The summed E-state index contributed by atoms with van der Waals surface area (Å²) in [5, 5.41) is 4.64. The summed E-state index contributed by atoms with van der Waals surface area (Å²) in [5.41, 5.74) is 3.14. The minimum absolute atomic E-state index is 0.0277. The van der Waals surface area contributed by atoms with Crippen molar-refractivity contribution < 1.29 is 13.9 Å². The second kappa shape index (κ2) is 9.33. The van der Waals surface area contributed by atoms with Gasteiger partial charge in [-0.25, -0.2) is 14.4 Å². The van der Waals surface area contributed by atoms with Crippen LogP contribution in [0, 0.1) is 12.7 Å². The minimum Gasteiger partial charge on any atom is -0.494 e. The molecule has 8 nitrogen and oxygen atoms in total. The van der Waals surface area contributed by atoms with Gasteiger partial charge in [0.2, 0.25) is 11.9 Å². The highest BCUT2D eigenvalue weighted by Crippen LogP contribution is 2.22. The summed E-state index contributed by atoms with van der Waals surface area (Å²) >= 11 is 0. The molecule has 9 heteroatoms. The lowest BCUT2D eigenvalue weighted by Crippen LogP contribution is -2.50. The molecule has 3 aromatic rings. The number of carbonyl (C=O) groups is 1. The highest BCUT2D eigenvalue weighted by molar-refractivity contribution is 5.76. The van der Waals surface area contributed by atoms with Crippen LogP contribution in [-0.2, 0) is 17.8 Å². The first-order valence-corrected chi connectivity index (χ1v) is 10.7. The van der Waals surface area contributed by atoms with Crippen LogP contribution in [0.2, 0.25) is 0 Å². The maximum atomic E-state index is 13.6. The predicted molar refractivity (Wildman–Crippen MR) is 119 cm³/mol. The van der Waals surface area contributed by atoms with Gasteiger partial charge in [0.15, 0.2) is 5.75 Å². The van der Waals surface area contributed by atoms with Crippen LogP contribution in [0.1, 0.15) is 18.2 Å². The summed E-state index contributed by atoms with van der Waals surface area (Å²) in [6.45, 7) is 6.47. The summed E-state index contributed by atoms with van der Waals surface area (Å²) in [5.74, 6) is 1.04. The molecule has 32 heavy (non-hydrogen) atoms. The number of hydrogen-bond acceptors (Lipinski definition) is 6. The molecular weight excluding hydrogens is 411 g/mol. The quantitative estimate of drug-likeness (QED) is 0.589. The molecule has 0 bridgehead atoms. The summed E-state index contributed by atoms with van der Waals surface area (Å²) in [7, 11) is 1.58. The van der Waals surface area contributed by atoms with Crippen LogP contribution in [0.5, 0.6) is 5.75 Å². The van der Waals surface area contributed by atoms with Crippen molar-refractivity contribution in [2.45, 2.75) is 26.8 Å². The van der Waals surface area contributed by atoms with Gasteiger partial charge < -0.3 is 14.5 Å². The Morgan fingerprint density at radius 3 is 2.47 bits per heavy atom. The predicted octanol–water partition coefficient (Wildman–Crippen LogP) is 2.71. The van der Waals surface area contributed by atoms with Crippen LogP contribution in [0.15, 0.2) is 36.7 Å². The number of halogens is 1. The number of ether oxygens (including phenoxy) is 1. The zero-order valence-corrected chi connectivity index (χ0v) is 18.6. The van der Waals surface area contributed by atoms with E-state index in [1.54, 1.807) is 43.2 Å². The van der Waals surface area contributed by atoms with E-state index < -0.39 is 0 Å². The van der Waals surface area contributed by atoms with E-state index in [-0.39, 0.29) is 18.3 Å². The second-order valence-electron chi connectivity index (χ2n) is 7.79. The number of aryl methyl sites for hydroxylation is 2. The van der Waals surface area contributed by atoms with E-state index in [4.69, 9.17) is 4.74 Å². The SMILES string of the molecule is CCc1cc(-c2ccc(F)c(C)c2)nn1CC(=O)N1CCN(c2ncc(OC)cn2)CC1. The molecule has 0 unspecified atom stereocenters. The van der Waals surface area contributed by atoms with E-state index in [2.05, 4.69) is 20.0 Å². The van der Waals surface area contributed by atoms with Crippen LogP contribution in [0.25, 0.3) is 11.3 Å². The van der Waals surface area contributed by atoms with Crippen LogP contribution in [0.3, 0.4) is 0 Å². The normalized spacial score (nSPS) is 14.0. The Kier molecular flexibility index (Phi) is 6.34. The number of aromatic nitrogens is 4. The molecule has 0 saturated carbocycles. The van der Waals surface area contributed by atoms with Crippen molar-refractivity contribution in [3.8, 4) is 17.0 Å². The number of nitrogens with zero attached hydrogens (tertiary/aromatic N) is 6. The molecular formula is C23H27FN6O2. The molecule has 0 atom stereocenters. The molecule has 1 amide bonds. The maximum Gasteiger partial charge on any atom is 0.244 e. The topological polar surface area (TPSA) is 76.4 Å². The zero-order chi connectivity index (χ0) is 22.7. The van der Waals surface area contributed by atoms with Crippen molar-refractivity contribution in [3.05, 3.63) is 53.7 Å². The number of benzene rings is 1. The van der Waals surface area contributed by atoms with Gasteiger partial charge in [-0.05, 0) is 43.2 Å². The lowest BCUT2D eigenvalue weighted by atomic mass is 10.1. The molecule has 1 aliphatic rings. The number of amides is 1. The molecule has 4 rings (SSSR count). The molecule has 0 aliphatic carbocycles. The van der Waals surface area contributed by atoms with E-state index in [9.17, 15) is 9.18 Å². The number of hydrogen-bond donors (Lipinski definition) is 0. The van der Waals surface area contributed by atoms with E-state index in [1.165, 1.54) is 6.07 Å². The molecule has 1 saturated heterocycles. The van der Waals surface area contributed by atoms with Crippen LogP contribution in [0.4, 0.5) is 10.3 Å². The lowest BCUT2D eigenvalue weighted by Gasteiger charge is -2.34. The fraction of sp³-hybridized carbons (Fsp3) is 0.391. The van der Waals surface area contributed by atoms with Crippen molar-refractivity contribution in [2.75, 3.05) is 38.2 Å². The van der Waals surface area contributed by atoms with Gasteiger partial charge in [0.25, 0.3) is 0 Å². The number of anilines is 1. The van der Waals surface area contributed by atoms with Gasteiger partial charge in [0.05, 0.1) is 25.2 Å². The number of piperazine rings is 1. The van der Waals surface area contributed by atoms with E-state index >= 15 is 0 Å². The largest absolute Gasteiger partial charge is 0.494 e. The second-order valence-corrected chi connectivity index (χ2v) is 7.79. The van der Waals surface area contributed by atoms with Gasteiger partial charge >= 0.3 is 0 Å². The smallest absolute Gasteiger partial charge is 0.244 e. The highest BCUT2D eigenvalue weighted by Gasteiger charge is 2.23. The Bertz CT molecular complexity index is 1090. The van der Waals surface area contributed by atoms with E-state index in [0.29, 0.717) is 43.4 Å². The summed E-state index contributed by atoms with van der Waals surface area (Å²) in [6.07, 6.45) is 4.04. The average Bonchev–Trinajstić information content (AvgIpc) is 3.23. The average molecular weight is 439 g/mol. The van der Waals surface area contributed by atoms with Gasteiger partial charge in [-0.15, -0.1) is 0 Å². The van der Waals surface area contributed by atoms with Gasteiger partial charge in [-0.3, -0.25) is 9.48 Å². The summed E-state index contributed by atoms with van der Waals surface area (Å²) in [6, 6.07) is 6.92. The summed E-state index contributed by atoms with van der Waals surface area (Å²) < 4.78 is 20.5. The number of methoxy groups -OCH3 is 1. The third kappa shape index (κ3) is 4.56. The first-order chi connectivity index (χ1) is 15.5. The van der Waals surface area contributed by atoms with Gasteiger partial charge in [-0.1, -0.05) is 6.92 Å². The lowest BCUT2D eigenvalue weighted by molar-refractivity contribution is -0.132. The van der Waals surface area contributed by atoms with E-state index in [1.807, 2.05) is 17.9 Å². The fourth-order valence-corrected chi connectivity index (χ4v) is 3.78. The Hall–Kier alpha value is -3.49. The van der Waals surface area contributed by atoms with Crippen LogP contribution < -0.4 is 9.64 Å². The third-order valence-corrected chi connectivity index (χ3v) is 5.73. The Morgan fingerprint density at radius 1 is 1.12 bits per heavy atom. The monoisotopic (exact) mass is 438 g/mol. The molecule has 0 spiro atoms. The Morgan fingerprint density at radius 2 is 1.84 bits per heavy atom. The molecule has 3 heterocycles. The molecule has 0 radical (unpaired) electrons. The highest BCUT2D eigenvalue weighted by atomic mass is 19.1. The van der Waals surface area contributed by atoms with Crippen molar-refractivity contribution in [1.82, 2.24) is 24.6 Å². The zero-order valence-electron chi connectivity index (χ0n) is 18.6. The fourth-order valence-electron chi connectivity index (χ4n) is 3.78. The van der Waals surface area contributed by atoms with Crippen molar-refractivity contribution in [1.29, 1.82) is 0 Å². The van der Waals surface area contributed by atoms with Crippen LogP contribution in [-0.4, -0.2) is 63.8 Å². The van der Waals surface area contributed by atoms with E-state index in [0.717, 1.165) is 23.4 Å². The molecule has 1 aromatic carbocycles. The van der Waals surface area contributed by atoms with Crippen LogP contribution >= 0.6 is 0 Å². The molecule has 1 fully saturated rings. The Balaban J connectivity index is 1.40. The molecule has 1 aliphatic heterocycles. The first kappa shape index (κ1) is 21.7. The number of carbonyl (C=O) groups excluding carboxylic acids is 1. The standard InChI is InChI=1S/C23H27FN6O2/c1-4-18-12-21(17-5-6-20(24)16(2)11-17)27-30(18)15-22(31)28-7-9-29(10-8-28)23-25-13-19(32-3)14-26-23/h5-6,11-14H,4,7-10,15H2,1-3H3. The third-order valence-electron chi connectivity index (χ3n) is 5.73. The van der Waals surface area contributed by atoms with Crippen molar-refractivity contribution in [2.24, 2.45) is 0 Å². The molecule has 2 aromatic heterocycles. The van der Waals surface area contributed by atoms with Crippen molar-refractivity contribution >= 4 is 11.9 Å². The number of rotatable bonds is 6. The Labute approximate surface area is 186 Å². The van der Waals surface area contributed by atoms with Gasteiger partial charge in [0.1, 0.15) is 12.4 Å². The first-order valence-electron chi connectivity index (χ1n) is 10.7. The molecule has 0 N–H and O–H groups in total. The minimum atomic E-state index is -0.238. The molecule has 168 valence electrons. The summed E-state index contributed by atoms with van der Waals surface area (Å²) in [4.78, 5) is 25.5. The maximum absolute atomic E-state index is 13.6.